The first-order chi connectivity index (χ1) is 14.7. The van der Waals surface area contributed by atoms with E-state index in [1.165, 1.54) is 105 Å². The number of rotatable bonds is 14. The van der Waals surface area contributed by atoms with Crippen LogP contribution in [0.2, 0.25) is 0 Å². The van der Waals surface area contributed by atoms with E-state index in [1.54, 1.807) is 11.1 Å². The first-order valence-electron chi connectivity index (χ1n) is 12.6. The van der Waals surface area contributed by atoms with Gasteiger partial charge < -0.3 is 2.85 Å². The Morgan fingerprint density at radius 2 is 1.16 bits per heavy atom. The molecule has 0 amide bonds. The zero-order chi connectivity index (χ0) is 21.2. The quantitative estimate of drug-likeness (QED) is 0.181. The summed E-state index contributed by atoms with van der Waals surface area (Å²) >= 11 is 3.78. The Bertz CT molecular complexity index is 777. The fraction of sp³-hybridized carbons (Fsp3) is 0.586. The summed E-state index contributed by atoms with van der Waals surface area (Å²) < 4.78 is 1.23. The molecule has 0 bridgehead atoms. The largest absolute Gasteiger partial charge is 2.00 e. The molecule has 0 N–H and O–H groups in total. The summed E-state index contributed by atoms with van der Waals surface area (Å²) in [7, 11) is 0. The Balaban J connectivity index is 0.00000341. The van der Waals surface area contributed by atoms with Gasteiger partial charge in [-0.25, -0.2) is 0 Å². The van der Waals surface area contributed by atoms with E-state index in [2.05, 4.69) is 72.2 Å². The van der Waals surface area contributed by atoms with Gasteiger partial charge >= 0.3 is 23.1 Å². The molecule has 0 heterocycles. The summed E-state index contributed by atoms with van der Waals surface area (Å²) in [4.78, 5) is 0. The molecular weight excluding hydrogens is 453 g/mol. The Morgan fingerprint density at radius 1 is 0.645 bits per heavy atom. The Hall–Kier alpha value is -0.314. The van der Waals surface area contributed by atoms with Gasteiger partial charge in [-0.15, -0.1) is 0 Å². The van der Waals surface area contributed by atoms with Crippen LogP contribution < -0.4 is 0 Å². The van der Waals surface area contributed by atoms with Crippen molar-refractivity contribution in [2.75, 3.05) is 0 Å². The zero-order valence-corrected chi connectivity index (χ0v) is 23.0. The molecule has 168 valence electrons. The maximum Gasteiger partial charge on any atom is 2.00 e. The molecule has 2 heteroatoms. The first kappa shape index (κ1) is 26.9. The van der Waals surface area contributed by atoms with Crippen LogP contribution in [0.1, 0.15) is 118 Å². The van der Waals surface area contributed by atoms with E-state index in [0.717, 1.165) is 0 Å². The fourth-order valence-electron chi connectivity index (χ4n) is 5.51. The molecule has 0 radical (unpaired) electrons. The van der Waals surface area contributed by atoms with Crippen molar-refractivity contribution in [3.63, 3.8) is 0 Å². The van der Waals surface area contributed by atoms with Gasteiger partial charge in [-0.3, -0.25) is 0 Å². The summed E-state index contributed by atoms with van der Waals surface area (Å²) in [6.07, 6.45) is 19.1. The summed E-state index contributed by atoms with van der Waals surface area (Å²) in [6, 6.07) is 16.3. The number of hydrogen-bond donors (Lipinski definition) is 0. The minimum absolute atomic E-state index is 0. The minimum Gasteiger partial charge on any atom is -1.00 e. The maximum absolute atomic E-state index is 3.78. The topological polar surface area (TPSA) is 0 Å². The van der Waals surface area contributed by atoms with E-state index in [1.807, 2.05) is 0 Å². The molecule has 0 atom stereocenters. The molecule has 0 nitrogen and oxygen atoms in total. The standard InChI is InChI=1S/C29H41Br.Mg.2H/c1-3-5-7-9-11-15-21-29(22-16-12-10-8-6-4-2)27-18-14-13-17-25(27)26-20-19-24(30)23-28(26)29;;;/h13-14,17-20,23H,3-12,15-16,21-22H2,1-2H3;;;/q;+2;2*-1. The van der Waals surface area contributed by atoms with Crippen molar-refractivity contribution < 1.29 is 2.85 Å². The molecule has 0 fully saturated rings. The Kier molecular flexibility index (Phi) is 12.2. The van der Waals surface area contributed by atoms with Crippen LogP contribution in [0.25, 0.3) is 11.1 Å². The van der Waals surface area contributed by atoms with Crippen molar-refractivity contribution in [2.24, 2.45) is 0 Å². The number of hydrogen-bond acceptors (Lipinski definition) is 0. The second kappa shape index (κ2) is 14.1. The van der Waals surface area contributed by atoms with Crippen molar-refractivity contribution in [1.29, 1.82) is 0 Å². The van der Waals surface area contributed by atoms with Crippen LogP contribution in [0.15, 0.2) is 46.9 Å². The van der Waals surface area contributed by atoms with E-state index in [0.29, 0.717) is 0 Å². The van der Waals surface area contributed by atoms with Gasteiger partial charge in [0.05, 0.1) is 0 Å². The van der Waals surface area contributed by atoms with Crippen LogP contribution in [0.4, 0.5) is 0 Å². The number of unbranched alkanes of at least 4 members (excludes halogenated alkanes) is 10. The second-order valence-corrected chi connectivity index (χ2v) is 10.3. The van der Waals surface area contributed by atoms with Gasteiger partial charge in [0.1, 0.15) is 0 Å². The van der Waals surface area contributed by atoms with Gasteiger partial charge in [0.2, 0.25) is 0 Å². The molecule has 3 rings (SSSR count). The Morgan fingerprint density at radius 3 is 1.77 bits per heavy atom. The molecule has 0 aliphatic heterocycles. The molecule has 0 unspecified atom stereocenters. The van der Waals surface area contributed by atoms with Crippen molar-refractivity contribution in [2.45, 2.75) is 109 Å². The molecular formula is C29H43BrMg. The molecule has 1 aliphatic rings. The molecule has 31 heavy (non-hydrogen) atoms. The molecule has 0 spiro atoms. The molecule has 0 saturated carbocycles. The van der Waals surface area contributed by atoms with Crippen LogP contribution >= 0.6 is 15.9 Å². The molecule has 0 saturated heterocycles. The molecule has 2 aromatic rings. The first-order valence-corrected chi connectivity index (χ1v) is 13.4. The van der Waals surface area contributed by atoms with Crippen LogP contribution in [0, 0.1) is 0 Å². The van der Waals surface area contributed by atoms with Crippen molar-refractivity contribution in [1.82, 2.24) is 0 Å². The van der Waals surface area contributed by atoms with Gasteiger partial charge in [0.15, 0.2) is 0 Å². The molecule has 2 aromatic carbocycles. The van der Waals surface area contributed by atoms with Crippen molar-refractivity contribution in [3.8, 4) is 11.1 Å². The smallest absolute Gasteiger partial charge is 1.00 e. The van der Waals surface area contributed by atoms with E-state index in [-0.39, 0.29) is 31.3 Å². The number of benzene rings is 2. The third-order valence-corrected chi connectivity index (χ3v) is 7.64. The summed E-state index contributed by atoms with van der Waals surface area (Å²) in [6.45, 7) is 4.61. The van der Waals surface area contributed by atoms with E-state index < -0.39 is 0 Å². The van der Waals surface area contributed by atoms with Gasteiger partial charge in [-0.1, -0.05) is 137 Å². The van der Waals surface area contributed by atoms with E-state index in [4.69, 9.17) is 0 Å². The predicted octanol–water partition coefficient (Wildman–Crippen LogP) is 10.1. The van der Waals surface area contributed by atoms with E-state index in [9.17, 15) is 0 Å². The zero-order valence-electron chi connectivity index (χ0n) is 22.0. The number of halogens is 1. The van der Waals surface area contributed by atoms with Gasteiger partial charge in [0.25, 0.3) is 0 Å². The number of fused-ring (bicyclic) bond motifs is 3. The Labute approximate surface area is 219 Å². The average Bonchev–Trinajstić information content (AvgIpc) is 3.03. The summed E-state index contributed by atoms with van der Waals surface area (Å²) in [5.74, 6) is 0. The van der Waals surface area contributed by atoms with Crippen LogP contribution in [0.3, 0.4) is 0 Å². The summed E-state index contributed by atoms with van der Waals surface area (Å²) in [5, 5.41) is 0. The SMILES string of the molecule is CCCCCCCCC1(CCCCCCCC)c2ccccc2-c2ccc(Br)cc21.[H-].[H-].[Mg+2]. The monoisotopic (exact) mass is 494 g/mol. The van der Waals surface area contributed by atoms with Crippen LogP contribution in [-0.2, 0) is 5.41 Å². The van der Waals surface area contributed by atoms with Crippen molar-refractivity contribution in [3.05, 3.63) is 58.1 Å². The van der Waals surface area contributed by atoms with Gasteiger partial charge in [0, 0.05) is 9.89 Å². The third kappa shape index (κ3) is 6.84. The fourth-order valence-corrected chi connectivity index (χ4v) is 5.87. The molecule has 0 aromatic heterocycles. The predicted molar refractivity (Wildman–Crippen MR) is 144 cm³/mol. The van der Waals surface area contributed by atoms with Gasteiger partial charge in [-0.2, -0.15) is 0 Å². The second-order valence-electron chi connectivity index (χ2n) is 9.35. The average molecular weight is 496 g/mol. The summed E-state index contributed by atoms with van der Waals surface area (Å²) in [5.41, 5.74) is 6.36. The molecule has 1 aliphatic carbocycles. The van der Waals surface area contributed by atoms with Gasteiger partial charge in [-0.05, 0) is 47.2 Å². The third-order valence-electron chi connectivity index (χ3n) is 7.14. The van der Waals surface area contributed by atoms with E-state index >= 15 is 0 Å². The van der Waals surface area contributed by atoms with Crippen LogP contribution in [-0.4, -0.2) is 23.1 Å². The van der Waals surface area contributed by atoms with Crippen molar-refractivity contribution >= 4 is 39.0 Å². The maximum atomic E-state index is 3.78. The minimum atomic E-state index is 0. The van der Waals surface area contributed by atoms with Crippen LogP contribution in [0.5, 0.6) is 0 Å². The normalized spacial score (nSPS) is 13.5.